The summed E-state index contributed by atoms with van der Waals surface area (Å²) in [5.74, 6) is 0. The predicted octanol–water partition coefficient (Wildman–Crippen LogP) is 3.99. The monoisotopic (exact) mass is 338 g/mol. The first-order valence-electron chi connectivity index (χ1n) is 9.06. The van der Waals surface area contributed by atoms with E-state index in [1.165, 1.54) is 11.1 Å². The summed E-state index contributed by atoms with van der Waals surface area (Å²) in [5, 5.41) is 2.70. The molecular weight excluding hydrogens is 312 g/mol. The SMILES string of the molecule is CCNC(=O)OC1CCN(C(c2ccccc2)c2ccccc2)CC1. The molecular formula is C21H26N2O2. The van der Waals surface area contributed by atoms with E-state index < -0.39 is 0 Å². The number of nitrogens with zero attached hydrogens (tertiary/aromatic N) is 1. The lowest BCUT2D eigenvalue weighted by Crippen LogP contribution is -2.41. The number of hydrogen-bond acceptors (Lipinski definition) is 3. The van der Waals surface area contributed by atoms with E-state index in [1.807, 2.05) is 6.92 Å². The third kappa shape index (κ3) is 4.60. The molecule has 0 spiro atoms. The van der Waals surface area contributed by atoms with Crippen LogP contribution in [0.3, 0.4) is 0 Å². The topological polar surface area (TPSA) is 41.6 Å². The van der Waals surface area contributed by atoms with Crippen LogP contribution in [0.25, 0.3) is 0 Å². The van der Waals surface area contributed by atoms with E-state index in [-0.39, 0.29) is 18.2 Å². The number of hydrogen-bond donors (Lipinski definition) is 1. The van der Waals surface area contributed by atoms with Crippen molar-refractivity contribution in [2.45, 2.75) is 31.9 Å². The van der Waals surface area contributed by atoms with E-state index in [4.69, 9.17) is 4.74 Å². The highest BCUT2D eigenvalue weighted by Gasteiger charge is 2.28. The molecule has 1 heterocycles. The Bertz CT molecular complexity index is 613. The molecule has 0 aromatic heterocycles. The average molecular weight is 338 g/mol. The summed E-state index contributed by atoms with van der Waals surface area (Å²) in [7, 11) is 0. The largest absolute Gasteiger partial charge is 0.446 e. The third-order valence-electron chi connectivity index (χ3n) is 4.67. The Morgan fingerprint density at radius 1 is 1.04 bits per heavy atom. The van der Waals surface area contributed by atoms with Crippen LogP contribution in [-0.4, -0.2) is 36.7 Å². The quantitative estimate of drug-likeness (QED) is 0.896. The molecule has 132 valence electrons. The van der Waals surface area contributed by atoms with Crippen LogP contribution in [-0.2, 0) is 4.74 Å². The minimum atomic E-state index is -0.302. The Labute approximate surface area is 149 Å². The number of nitrogens with one attached hydrogen (secondary N) is 1. The zero-order chi connectivity index (χ0) is 17.5. The van der Waals surface area contributed by atoms with Gasteiger partial charge in [0.1, 0.15) is 6.10 Å². The van der Waals surface area contributed by atoms with Gasteiger partial charge in [0.05, 0.1) is 6.04 Å². The lowest BCUT2D eigenvalue weighted by atomic mass is 9.94. The number of piperidine rings is 1. The molecule has 0 bridgehead atoms. The highest BCUT2D eigenvalue weighted by molar-refractivity contribution is 5.67. The number of carbonyl (C=O) groups is 1. The van der Waals surface area contributed by atoms with Gasteiger partial charge in [0.15, 0.2) is 0 Å². The first kappa shape index (κ1) is 17.5. The molecule has 0 atom stereocenters. The fourth-order valence-electron chi connectivity index (χ4n) is 3.47. The van der Waals surface area contributed by atoms with Crippen LogP contribution >= 0.6 is 0 Å². The molecule has 2 aromatic rings. The van der Waals surface area contributed by atoms with Crippen molar-refractivity contribution >= 4 is 6.09 Å². The molecule has 0 radical (unpaired) electrons. The molecule has 0 saturated carbocycles. The van der Waals surface area contributed by atoms with E-state index in [2.05, 4.69) is 70.9 Å². The molecule has 1 aliphatic rings. The van der Waals surface area contributed by atoms with Gasteiger partial charge in [-0.15, -0.1) is 0 Å². The number of likely N-dealkylation sites (tertiary alicyclic amines) is 1. The maximum atomic E-state index is 11.6. The molecule has 0 aliphatic carbocycles. The summed E-state index contributed by atoms with van der Waals surface area (Å²) in [6, 6.07) is 21.5. The van der Waals surface area contributed by atoms with Gasteiger partial charge in [-0.3, -0.25) is 4.90 Å². The van der Waals surface area contributed by atoms with Crippen molar-refractivity contribution in [2.24, 2.45) is 0 Å². The van der Waals surface area contributed by atoms with Crippen LogP contribution in [0.2, 0.25) is 0 Å². The second-order valence-electron chi connectivity index (χ2n) is 6.39. The van der Waals surface area contributed by atoms with Crippen molar-refractivity contribution < 1.29 is 9.53 Å². The number of carbonyl (C=O) groups excluding carboxylic acids is 1. The molecule has 1 aliphatic heterocycles. The van der Waals surface area contributed by atoms with Gasteiger partial charge in [0, 0.05) is 19.6 Å². The van der Waals surface area contributed by atoms with Crippen LogP contribution in [0.4, 0.5) is 4.79 Å². The van der Waals surface area contributed by atoms with Gasteiger partial charge in [-0.1, -0.05) is 60.7 Å². The minimum Gasteiger partial charge on any atom is -0.446 e. The fraction of sp³-hybridized carbons (Fsp3) is 0.381. The lowest BCUT2D eigenvalue weighted by molar-refractivity contribution is 0.0428. The minimum absolute atomic E-state index is 0.00926. The van der Waals surface area contributed by atoms with Crippen LogP contribution in [0.5, 0.6) is 0 Å². The summed E-state index contributed by atoms with van der Waals surface area (Å²) >= 11 is 0. The highest BCUT2D eigenvalue weighted by atomic mass is 16.6. The summed E-state index contributed by atoms with van der Waals surface area (Å²) in [5.41, 5.74) is 2.61. The Hall–Kier alpha value is -2.33. The maximum Gasteiger partial charge on any atom is 0.407 e. The predicted molar refractivity (Wildman–Crippen MR) is 99.5 cm³/mol. The number of benzene rings is 2. The van der Waals surface area contributed by atoms with Crippen molar-refractivity contribution in [3.8, 4) is 0 Å². The molecule has 1 fully saturated rings. The van der Waals surface area contributed by atoms with Gasteiger partial charge in [-0.05, 0) is 30.9 Å². The first-order valence-corrected chi connectivity index (χ1v) is 9.06. The summed E-state index contributed by atoms with van der Waals surface area (Å²) < 4.78 is 5.49. The Balaban J connectivity index is 1.70. The van der Waals surface area contributed by atoms with E-state index >= 15 is 0 Å². The van der Waals surface area contributed by atoms with Gasteiger partial charge >= 0.3 is 6.09 Å². The van der Waals surface area contributed by atoms with Crippen molar-refractivity contribution in [2.75, 3.05) is 19.6 Å². The van der Waals surface area contributed by atoms with Gasteiger partial charge in [0.25, 0.3) is 0 Å². The van der Waals surface area contributed by atoms with E-state index in [0.717, 1.165) is 25.9 Å². The first-order chi connectivity index (χ1) is 12.3. The molecule has 25 heavy (non-hydrogen) atoms. The normalized spacial score (nSPS) is 15.9. The molecule has 4 heteroatoms. The molecule has 1 amide bonds. The zero-order valence-corrected chi connectivity index (χ0v) is 14.7. The van der Waals surface area contributed by atoms with Crippen LogP contribution < -0.4 is 5.32 Å². The number of ether oxygens (including phenoxy) is 1. The van der Waals surface area contributed by atoms with Crippen LogP contribution in [0, 0.1) is 0 Å². The summed E-state index contributed by atoms with van der Waals surface area (Å²) in [6.07, 6.45) is 1.44. The Morgan fingerprint density at radius 3 is 2.04 bits per heavy atom. The molecule has 4 nitrogen and oxygen atoms in total. The van der Waals surface area contributed by atoms with Crippen molar-refractivity contribution in [3.05, 3.63) is 71.8 Å². The number of rotatable bonds is 5. The van der Waals surface area contributed by atoms with Crippen molar-refractivity contribution in [3.63, 3.8) is 0 Å². The number of amides is 1. The lowest BCUT2D eigenvalue weighted by Gasteiger charge is -2.37. The molecule has 1 saturated heterocycles. The Kier molecular flexibility index (Phi) is 6.07. The van der Waals surface area contributed by atoms with Crippen LogP contribution in [0.1, 0.15) is 36.9 Å². The smallest absolute Gasteiger partial charge is 0.407 e. The zero-order valence-electron chi connectivity index (χ0n) is 14.7. The van der Waals surface area contributed by atoms with E-state index in [1.54, 1.807) is 0 Å². The van der Waals surface area contributed by atoms with Gasteiger partial charge in [-0.25, -0.2) is 4.79 Å². The molecule has 1 N–H and O–H groups in total. The van der Waals surface area contributed by atoms with E-state index in [0.29, 0.717) is 6.54 Å². The summed E-state index contributed by atoms with van der Waals surface area (Å²) in [6.45, 7) is 4.33. The van der Waals surface area contributed by atoms with E-state index in [9.17, 15) is 4.79 Å². The standard InChI is InChI=1S/C21H26N2O2/c1-2-22-21(24)25-19-13-15-23(16-14-19)20(17-9-5-3-6-10-17)18-11-7-4-8-12-18/h3-12,19-20H,2,13-16H2,1H3,(H,22,24). The molecule has 0 unspecified atom stereocenters. The van der Waals surface area contributed by atoms with Gasteiger partial charge in [0.2, 0.25) is 0 Å². The Morgan fingerprint density at radius 2 is 1.56 bits per heavy atom. The molecule has 3 rings (SSSR count). The van der Waals surface area contributed by atoms with Crippen molar-refractivity contribution in [1.29, 1.82) is 0 Å². The highest BCUT2D eigenvalue weighted by Crippen LogP contribution is 2.31. The third-order valence-corrected chi connectivity index (χ3v) is 4.67. The second kappa shape index (κ2) is 8.67. The van der Waals surface area contributed by atoms with Crippen LogP contribution in [0.15, 0.2) is 60.7 Å². The maximum absolute atomic E-state index is 11.6. The average Bonchev–Trinajstić information content (AvgIpc) is 2.65. The molecule has 2 aromatic carbocycles. The van der Waals surface area contributed by atoms with Gasteiger partial charge in [-0.2, -0.15) is 0 Å². The van der Waals surface area contributed by atoms with Crippen molar-refractivity contribution in [1.82, 2.24) is 10.2 Å². The fourth-order valence-corrected chi connectivity index (χ4v) is 3.47. The number of alkyl carbamates (subject to hydrolysis) is 1. The second-order valence-corrected chi connectivity index (χ2v) is 6.39. The van der Waals surface area contributed by atoms with Gasteiger partial charge < -0.3 is 10.1 Å². The summed E-state index contributed by atoms with van der Waals surface area (Å²) in [4.78, 5) is 14.1.